The van der Waals surface area contributed by atoms with Crippen LogP contribution in [0.1, 0.15) is 45.4 Å². The van der Waals surface area contributed by atoms with E-state index in [1.165, 1.54) is 71.2 Å². The zero-order valence-electron chi connectivity index (χ0n) is 10.7. The van der Waals surface area contributed by atoms with Gasteiger partial charge in [-0.05, 0) is 20.0 Å². The minimum atomic E-state index is 1.26. The monoisotopic (exact) mass is 212 g/mol. The maximum atomic E-state index is 2.62. The van der Waals surface area contributed by atoms with Gasteiger partial charge in [0.1, 0.15) is 0 Å². The summed E-state index contributed by atoms with van der Waals surface area (Å²) in [6, 6.07) is 0. The third-order valence-electron chi connectivity index (χ3n) is 3.42. The fourth-order valence-electron chi connectivity index (χ4n) is 2.19. The van der Waals surface area contributed by atoms with Crippen molar-refractivity contribution in [1.29, 1.82) is 0 Å². The van der Waals surface area contributed by atoms with Gasteiger partial charge in [0.15, 0.2) is 0 Å². The van der Waals surface area contributed by atoms with Crippen molar-refractivity contribution in [3.05, 3.63) is 0 Å². The Kier molecular flexibility index (Phi) is 7.03. The second-order valence-corrected chi connectivity index (χ2v) is 4.91. The molecular formula is C13H28N2. The first-order valence-electron chi connectivity index (χ1n) is 6.74. The zero-order valence-corrected chi connectivity index (χ0v) is 10.7. The molecule has 2 nitrogen and oxygen atoms in total. The van der Waals surface area contributed by atoms with Crippen LogP contribution in [0.5, 0.6) is 0 Å². The highest BCUT2D eigenvalue weighted by molar-refractivity contribution is 4.68. The average molecular weight is 212 g/mol. The second kappa shape index (κ2) is 8.12. The maximum absolute atomic E-state index is 2.62. The summed E-state index contributed by atoms with van der Waals surface area (Å²) in [5.74, 6) is 0. The number of rotatable bonds is 7. The van der Waals surface area contributed by atoms with E-state index in [0.717, 1.165) is 0 Å². The van der Waals surface area contributed by atoms with E-state index in [1.54, 1.807) is 0 Å². The van der Waals surface area contributed by atoms with Gasteiger partial charge in [0, 0.05) is 26.2 Å². The van der Waals surface area contributed by atoms with Crippen LogP contribution in [0.4, 0.5) is 0 Å². The largest absolute Gasteiger partial charge is 0.304 e. The number of unbranched alkanes of at least 4 members (excludes halogenated alkanes) is 5. The molecule has 1 fully saturated rings. The van der Waals surface area contributed by atoms with Crippen molar-refractivity contribution in [3.63, 3.8) is 0 Å². The van der Waals surface area contributed by atoms with Crippen molar-refractivity contribution in [3.8, 4) is 0 Å². The van der Waals surface area contributed by atoms with Crippen molar-refractivity contribution in [1.82, 2.24) is 9.80 Å². The molecule has 0 aromatic heterocycles. The molecule has 0 aliphatic carbocycles. The van der Waals surface area contributed by atoms with Gasteiger partial charge in [0.2, 0.25) is 0 Å². The summed E-state index contributed by atoms with van der Waals surface area (Å²) in [4.78, 5) is 5.05. The van der Waals surface area contributed by atoms with Gasteiger partial charge in [-0.15, -0.1) is 0 Å². The fraction of sp³-hybridized carbons (Fsp3) is 1.00. The van der Waals surface area contributed by atoms with E-state index < -0.39 is 0 Å². The molecule has 1 heterocycles. The molecule has 0 saturated carbocycles. The van der Waals surface area contributed by atoms with Gasteiger partial charge < -0.3 is 9.80 Å². The molecule has 15 heavy (non-hydrogen) atoms. The van der Waals surface area contributed by atoms with Crippen molar-refractivity contribution in [2.45, 2.75) is 45.4 Å². The van der Waals surface area contributed by atoms with E-state index >= 15 is 0 Å². The smallest absolute Gasteiger partial charge is 0.0110 e. The van der Waals surface area contributed by atoms with Crippen molar-refractivity contribution >= 4 is 0 Å². The van der Waals surface area contributed by atoms with Crippen LogP contribution in [0, 0.1) is 0 Å². The first-order valence-corrected chi connectivity index (χ1v) is 6.74. The van der Waals surface area contributed by atoms with Gasteiger partial charge >= 0.3 is 0 Å². The summed E-state index contributed by atoms with van der Waals surface area (Å²) in [7, 11) is 2.22. The highest BCUT2D eigenvalue weighted by atomic mass is 15.2. The molecular weight excluding hydrogens is 184 g/mol. The number of piperazine rings is 1. The normalized spacial score (nSPS) is 19.6. The lowest BCUT2D eigenvalue weighted by Gasteiger charge is -2.32. The Morgan fingerprint density at radius 3 is 2.07 bits per heavy atom. The highest BCUT2D eigenvalue weighted by Gasteiger charge is 2.12. The lowest BCUT2D eigenvalue weighted by molar-refractivity contribution is 0.152. The maximum Gasteiger partial charge on any atom is 0.0110 e. The molecule has 90 valence electrons. The summed E-state index contributed by atoms with van der Waals surface area (Å²) in [6.45, 7) is 8.70. The number of nitrogens with zero attached hydrogens (tertiary/aromatic N) is 2. The van der Waals surface area contributed by atoms with Crippen molar-refractivity contribution in [2.75, 3.05) is 39.8 Å². The molecule has 1 aliphatic heterocycles. The van der Waals surface area contributed by atoms with E-state index in [1.807, 2.05) is 0 Å². The quantitative estimate of drug-likeness (QED) is 0.599. The van der Waals surface area contributed by atoms with Crippen LogP contribution < -0.4 is 0 Å². The molecule has 0 aromatic carbocycles. The van der Waals surface area contributed by atoms with Crippen LogP contribution in [0.25, 0.3) is 0 Å². The third-order valence-corrected chi connectivity index (χ3v) is 3.42. The van der Waals surface area contributed by atoms with E-state index in [2.05, 4.69) is 23.8 Å². The Morgan fingerprint density at radius 1 is 0.800 bits per heavy atom. The minimum absolute atomic E-state index is 1.26. The zero-order chi connectivity index (χ0) is 10.9. The van der Waals surface area contributed by atoms with Crippen LogP contribution in [0.15, 0.2) is 0 Å². The third kappa shape index (κ3) is 6.16. The molecule has 0 amide bonds. The molecule has 2 heteroatoms. The first kappa shape index (κ1) is 13.0. The topological polar surface area (TPSA) is 6.48 Å². The SMILES string of the molecule is CCCCCCCCN1CCN(C)CC1. The predicted molar refractivity (Wildman–Crippen MR) is 67.3 cm³/mol. The Balaban J connectivity index is 1.87. The van der Waals surface area contributed by atoms with Crippen LogP contribution in [-0.2, 0) is 0 Å². The summed E-state index contributed by atoms with van der Waals surface area (Å²) in [5, 5.41) is 0. The lowest BCUT2D eigenvalue weighted by atomic mass is 10.1. The molecule has 0 N–H and O–H groups in total. The van der Waals surface area contributed by atoms with Crippen molar-refractivity contribution in [2.24, 2.45) is 0 Å². The van der Waals surface area contributed by atoms with Crippen molar-refractivity contribution < 1.29 is 0 Å². The van der Waals surface area contributed by atoms with Gasteiger partial charge in [-0.3, -0.25) is 0 Å². The lowest BCUT2D eigenvalue weighted by Crippen LogP contribution is -2.44. The Morgan fingerprint density at radius 2 is 1.40 bits per heavy atom. The van der Waals surface area contributed by atoms with E-state index in [4.69, 9.17) is 0 Å². The molecule has 0 unspecified atom stereocenters. The Labute approximate surface area is 95.6 Å². The van der Waals surface area contributed by atoms with Gasteiger partial charge in [-0.25, -0.2) is 0 Å². The molecule has 1 rings (SSSR count). The summed E-state index contributed by atoms with van der Waals surface area (Å²) in [5.41, 5.74) is 0. The average Bonchev–Trinajstić information content (AvgIpc) is 2.26. The van der Waals surface area contributed by atoms with Crippen LogP contribution >= 0.6 is 0 Å². The molecule has 0 atom stereocenters. The van der Waals surface area contributed by atoms with E-state index in [0.29, 0.717) is 0 Å². The van der Waals surface area contributed by atoms with E-state index in [-0.39, 0.29) is 0 Å². The first-order chi connectivity index (χ1) is 7.33. The van der Waals surface area contributed by atoms with Gasteiger partial charge in [0.25, 0.3) is 0 Å². The summed E-state index contributed by atoms with van der Waals surface area (Å²) >= 11 is 0. The van der Waals surface area contributed by atoms with Crippen LogP contribution in [-0.4, -0.2) is 49.6 Å². The summed E-state index contributed by atoms with van der Waals surface area (Å²) in [6.07, 6.45) is 8.52. The van der Waals surface area contributed by atoms with Gasteiger partial charge in [0.05, 0.1) is 0 Å². The van der Waals surface area contributed by atoms with Crippen LogP contribution in [0.2, 0.25) is 0 Å². The molecule has 0 aromatic rings. The number of likely N-dealkylation sites (N-methyl/N-ethyl adjacent to an activating group) is 1. The second-order valence-electron chi connectivity index (χ2n) is 4.91. The Hall–Kier alpha value is -0.0800. The molecule has 0 bridgehead atoms. The predicted octanol–water partition coefficient (Wildman–Crippen LogP) is 2.59. The standard InChI is InChI=1S/C13H28N2/c1-3-4-5-6-7-8-9-15-12-10-14(2)11-13-15/h3-13H2,1-2H3. The fourth-order valence-corrected chi connectivity index (χ4v) is 2.19. The molecule has 1 aliphatic rings. The molecule has 1 saturated heterocycles. The number of hydrogen-bond acceptors (Lipinski definition) is 2. The molecule has 0 radical (unpaired) electrons. The molecule has 0 spiro atoms. The Bertz CT molecular complexity index is 139. The van der Waals surface area contributed by atoms with Gasteiger partial charge in [-0.2, -0.15) is 0 Å². The van der Waals surface area contributed by atoms with Gasteiger partial charge in [-0.1, -0.05) is 39.0 Å². The highest BCUT2D eigenvalue weighted by Crippen LogP contribution is 2.07. The van der Waals surface area contributed by atoms with E-state index in [9.17, 15) is 0 Å². The minimum Gasteiger partial charge on any atom is -0.304 e. The number of hydrogen-bond donors (Lipinski definition) is 0. The van der Waals surface area contributed by atoms with Crippen LogP contribution in [0.3, 0.4) is 0 Å². The summed E-state index contributed by atoms with van der Waals surface area (Å²) < 4.78 is 0.